The van der Waals surface area contributed by atoms with Gasteiger partial charge in [0.15, 0.2) is 0 Å². The Morgan fingerprint density at radius 1 is 1.42 bits per heavy atom. The van der Waals surface area contributed by atoms with Crippen molar-refractivity contribution in [2.24, 2.45) is 0 Å². The minimum Gasteiger partial charge on any atom is -0.444 e. The SMILES string of the molecule is CC(C)(C)OC(=O)NCC[C@H]1CNc2ccccc21. The molecular formula is C15H22N2O2. The van der Waals surface area contributed by atoms with Crippen molar-refractivity contribution in [1.29, 1.82) is 0 Å². The lowest BCUT2D eigenvalue weighted by molar-refractivity contribution is 0.0526. The standard InChI is InChI=1S/C15H22N2O2/c1-15(2,3)19-14(18)16-9-8-11-10-17-13-7-5-4-6-12(11)13/h4-7,11,17H,8-10H2,1-3H3,(H,16,18)/t11-/m0/s1. The van der Waals surface area contributed by atoms with Crippen LogP contribution in [0.25, 0.3) is 0 Å². The smallest absolute Gasteiger partial charge is 0.407 e. The van der Waals surface area contributed by atoms with Gasteiger partial charge in [0.25, 0.3) is 0 Å². The number of benzene rings is 1. The number of alkyl carbamates (subject to hydrolysis) is 1. The molecule has 0 unspecified atom stereocenters. The summed E-state index contributed by atoms with van der Waals surface area (Å²) >= 11 is 0. The molecular weight excluding hydrogens is 240 g/mol. The van der Waals surface area contributed by atoms with E-state index in [0.717, 1.165) is 13.0 Å². The second kappa shape index (κ2) is 5.51. The zero-order valence-electron chi connectivity index (χ0n) is 11.8. The van der Waals surface area contributed by atoms with Gasteiger partial charge in [-0.05, 0) is 38.8 Å². The number of fused-ring (bicyclic) bond motifs is 1. The molecule has 1 amide bonds. The van der Waals surface area contributed by atoms with Crippen LogP contribution in [0.4, 0.5) is 10.5 Å². The average molecular weight is 262 g/mol. The van der Waals surface area contributed by atoms with E-state index in [1.807, 2.05) is 26.8 Å². The summed E-state index contributed by atoms with van der Waals surface area (Å²) in [5.74, 6) is 0.464. The third-order valence-electron chi connectivity index (χ3n) is 3.10. The molecule has 1 aromatic carbocycles. The van der Waals surface area contributed by atoms with Crippen molar-refractivity contribution in [2.75, 3.05) is 18.4 Å². The van der Waals surface area contributed by atoms with Gasteiger partial charge in [-0.1, -0.05) is 18.2 Å². The molecule has 104 valence electrons. The summed E-state index contributed by atoms with van der Waals surface area (Å²) in [5.41, 5.74) is 2.12. The minimum atomic E-state index is -0.439. The number of para-hydroxylation sites is 1. The molecule has 1 aromatic rings. The number of nitrogens with one attached hydrogen (secondary N) is 2. The summed E-state index contributed by atoms with van der Waals surface area (Å²) in [5, 5.41) is 6.19. The van der Waals surface area contributed by atoms with E-state index in [2.05, 4.69) is 28.8 Å². The van der Waals surface area contributed by atoms with E-state index in [4.69, 9.17) is 4.74 Å². The number of anilines is 1. The molecule has 1 heterocycles. The fraction of sp³-hybridized carbons (Fsp3) is 0.533. The van der Waals surface area contributed by atoms with E-state index in [9.17, 15) is 4.79 Å². The molecule has 1 atom stereocenters. The Morgan fingerprint density at radius 3 is 2.89 bits per heavy atom. The van der Waals surface area contributed by atoms with Crippen LogP contribution in [0, 0.1) is 0 Å². The van der Waals surface area contributed by atoms with Crippen molar-refractivity contribution in [3.8, 4) is 0 Å². The monoisotopic (exact) mass is 262 g/mol. The Balaban J connectivity index is 1.77. The zero-order valence-corrected chi connectivity index (χ0v) is 11.8. The van der Waals surface area contributed by atoms with Crippen molar-refractivity contribution in [3.05, 3.63) is 29.8 Å². The van der Waals surface area contributed by atoms with Gasteiger partial charge in [0.05, 0.1) is 0 Å². The predicted molar refractivity (Wildman–Crippen MR) is 76.5 cm³/mol. The second-order valence-electron chi connectivity index (χ2n) is 5.88. The van der Waals surface area contributed by atoms with Gasteiger partial charge in [-0.15, -0.1) is 0 Å². The highest BCUT2D eigenvalue weighted by molar-refractivity contribution is 5.67. The van der Waals surface area contributed by atoms with Gasteiger partial charge in [-0.3, -0.25) is 0 Å². The molecule has 0 aliphatic carbocycles. The lowest BCUT2D eigenvalue weighted by Gasteiger charge is -2.20. The van der Waals surface area contributed by atoms with E-state index in [1.165, 1.54) is 11.3 Å². The number of carbonyl (C=O) groups excluding carboxylic acids is 1. The summed E-state index contributed by atoms with van der Waals surface area (Å²) in [6, 6.07) is 8.33. The molecule has 4 nitrogen and oxygen atoms in total. The highest BCUT2D eigenvalue weighted by atomic mass is 16.6. The normalized spacial score (nSPS) is 17.5. The summed E-state index contributed by atoms with van der Waals surface area (Å²) in [6.45, 7) is 7.17. The first-order valence-electron chi connectivity index (χ1n) is 6.75. The lowest BCUT2D eigenvalue weighted by Crippen LogP contribution is -2.33. The van der Waals surface area contributed by atoms with Crippen molar-refractivity contribution in [3.63, 3.8) is 0 Å². The van der Waals surface area contributed by atoms with Crippen LogP contribution in [0.3, 0.4) is 0 Å². The highest BCUT2D eigenvalue weighted by Crippen LogP contribution is 2.32. The topological polar surface area (TPSA) is 50.4 Å². The molecule has 1 aliphatic rings. The van der Waals surface area contributed by atoms with Gasteiger partial charge < -0.3 is 15.4 Å². The molecule has 0 fully saturated rings. The molecule has 0 radical (unpaired) electrons. The number of carbonyl (C=O) groups is 1. The van der Waals surface area contributed by atoms with E-state index in [-0.39, 0.29) is 6.09 Å². The van der Waals surface area contributed by atoms with E-state index in [0.29, 0.717) is 12.5 Å². The second-order valence-corrected chi connectivity index (χ2v) is 5.88. The van der Waals surface area contributed by atoms with E-state index < -0.39 is 5.60 Å². The molecule has 0 bridgehead atoms. The molecule has 0 aromatic heterocycles. The fourth-order valence-corrected chi connectivity index (χ4v) is 2.28. The number of rotatable bonds is 3. The largest absolute Gasteiger partial charge is 0.444 e. The Hall–Kier alpha value is -1.71. The summed E-state index contributed by atoms with van der Waals surface area (Å²) in [4.78, 5) is 11.5. The molecule has 1 aliphatic heterocycles. The van der Waals surface area contributed by atoms with E-state index in [1.54, 1.807) is 0 Å². The number of hydrogen-bond acceptors (Lipinski definition) is 3. The van der Waals surface area contributed by atoms with Gasteiger partial charge in [0.1, 0.15) is 5.60 Å². The van der Waals surface area contributed by atoms with Crippen molar-refractivity contribution in [2.45, 2.75) is 38.7 Å². The maximum atomic E-state index is 11.5. The van der Waals surface area contributed by atoms with Crippen LogP contribution in [0.15, 0.2) is 24.3 Å². The van der Waals surface area contributed by atoms with Gasteiger partial charge in [-0.2, -0.15) is 0 Å². The molecule has 0 saturated carbocycles. The number of hydrogen-bond donors (Lipinski definition) is 2. The maximum absolute atomic E-state index is 11.5. The first-order valence-corrected chi connectivity index (χ1v) is 6.75. The first kappa shape index (κ1) is 13.7. The van der Waals surface area contributed by atoms with Gasteiger partial charge in [0.2, 0.25) is 0 Å². The van der Waals surface area contributed by atoms with Gasteiger partial charge in [0, 0.05) is 24.7 Å². The van der Waals surface area contributed by atoms with Gasteiger partial charge in [-0.25, -0.2) is 4.79 Å². The third kappa shape index (κ3) is 3.88. The predicted octanol–water partition coefficient (Wildman–Crippen LogP) is 3.11. The average Bonchev–Trinajstić information content (AvgIpc) is 2.70. The number of ether oxygens (including phenoxy) is 1. The Labute approximate surface area is 114 Å². The number of amides is 1. The van der Waals surface area contributed by atoms with Crippen LogP contribution in [0.1, 0.15) is 38.7 Å². The summed E-state index contributed by atoms with van der Waals surface area (Å²) in [6.07, 6.45) is 0.579. The third-order valence-corrected chi connectivity index (χ3v) is 3.10. The zero-order chi connectivity index (χ0) is 13.9. The maximum Gasteiger partial charge on any atom is 0.407 e. The van der Waals surface area contributed by atoms with Crippen LogP contribution >= 0.6 is 0 Å². The molecule has 2 N–H and O–H groups in total. The van der Waals surface area contributed by atoms with E-state index >= 15 is 0 Å². The van der Waals surface area contributed by atoms with Gasteiger partial charge >= 0.3 is 6.09 Å². The van der Waals surface area contributed by atoms with Crippen LogP contribution < -0.4 is 10.6 Å². The highest BCUT2D eigenvalue weighted by Gasteiger charge is 2.21. The van der Waals surface area contributed by atoms with Crippen LogP contribution in [0.2, 0.25) is 0 Å². The molecule has 0 spiro atoms. The lowest BCUT2D eigenvalue weighted by atomic mass is 9.98. The molecule has 4 heteroatoms. The molecule has 2 rings (SSSR count). The first-order chi connectivity index (χ1) is 8.96. The van der Waals surface area contributed by atoms with Crippen molar-refractivity contribution in [1.82, 2.24) is 5.32 Å². The minimum absolute atomic E-state index is 0.341. The quantitative estimate of drug-likeness (QED) is 0.880. The Morgan fingerprint density at radius 2 is 2.16 bits per heavy atom. The molecule has 0 saturated heterocycles. The fourth-order valence-electron chi connectivity index (χ4n) is 2.28. The molecule has 19 heavy (non-hydrogen) atoms. The van der Waals surface area contributed by atoms with Crippen LogP contribution in [-0.2, 0) is 4.74 Å². The summed E-state index contributed by atoms with van der Waals surface area (Å²) < 4.78 is 5.21. The van der Waals surface area contributed by atoms with Crippen molar-refractivity contribution < 1.29 is 9.53 Å². The Bertz CT molecular complexity index is 452. The van der Waals surface area contributed by atoms with Crippen LogP contribution in [-0.4, -0.2) is 24.8 Å². The van der Waals surface area contributed by atoms with Crippen molar-refractivity contribution >= 4 is 11.8 Å². The van der Waals surface area contributed by atoms with Crippen LogP contribution in [0.5, 0.6) is 0 Å². The Kier molecular flexibility index (Phi) is 3.98. The summed E-state index contributed by atoms with van der Waals surface area (Å²) in [7, 11) is 0.